The molecule has 1 aliphatic heterocycles. The lowest BCUT2D eigenvalue weighted by atomic mass is 9.95. The van der Waals surface area contributed by atoms with E-state index >= 15 is 0 Å². The first-order chi connectivity index (χ1) is 8.09. The zero-order valence-electron chi connectivity index (χ0n) is 10.5. The SMILES string of the molecule is CC1OCCC1NCC(C)(O)c1ccccc1. The highest BCUT2D eigenvalue weighted by Gasteiger charge is 2.28. The Kier molecular flexibility index (Phi) is 3.82. The van der Waals surface area contributed by atoms with Gasteiger partial charge in [0.25, 0.3) is 0 Å². The van der Waals surface area contributed by atoms with Gasteiger partial charge in [0, 0.05) is 19.2 Å². The largest absolute Gasteiger partial charge is 0.384 e. The Morgan fingerprint density at radius 3 is 2.71 bits per heavy atom. The van der Waals surface area contributed by atoms with Crippen LogP contribution < -0.4 is 5.32 Å². The molecule has 0 amide bonds. The summed E-state index contributed by atoms with van der Waals surface area (Å²) < 4.78 is 5.49. The van der Waals surface area contributed by atoms with Crippen LogP contribution in [0.5, 0.6) is 0 Å². The summed E-state index contributed by atoms with van der Waals surface area (Å²) >= 11 is 0. The molecule has 1 aliphatic rings. The summed E-state index contributed by atoms with van der Waals surface area (Å²) in [4.78, 5) is 0. The second-order valence-corrected chi connectivity index (χ2v) is 4.99. The first-order valence-electron chi connectivity index (χ1n) is 6.22. The molecule has 94 valence electrons. The van der Waals surface area contributed by atoms with Crippen molar-refractivity contribution in [3.63, 3.8) is 0 Å². The van der Waals surface area contributed by atoms with Gasteiger partial charge in [0.2, 0.25) is 0 Å². The van der Waals surface area contributed by atoms with Crippen LogP contribution in [-0.4, -0.2) is 30.4 Å². The molecule has 0 spiro atoms. The maximum Gasteiger partial charge on any atom is 0.0992 e. The number of aliphatic hydroxyl groups is 1. The number of ether oxygens (including phenoxy) is 1. The fraction of sp³-hybridized carbons (Fsp3) is 0.571. The van der Waals surface area contributed by atoms with Gasteiger partial charge in [0.05, 0.1) is 11.7 Å². The summed E-state index contributed by atoms with van der Waals surface area (Å²) in [5, 5.41) is 13.8. The van der Waals surface area contributed by atoms with Gasteiger partial charge in [-0.2, -0.15) is 0 Å². The molecule has 0 bridgehead atoms. The second kappa shape index (κ2) is 5.17. The van der Waals surface area contributed by atoms with Crippen LogP contribution in [0.15, 0.2) is 30.3 Å². The van der Waals surface area contributed by atoms with Crippen LogP contribution in [0.25, 0.3) is 0 Å². The molecule has 1 aromatic rings. The van der Waals surface area contributed by atoms with Crippen LogP contribution in [-0.2, 0) is 10.3 Å². The Morgan fingerprint density at radius 2 is 2.12 bits per heavy atom. The first-order valence-corrected chi connectivity index (χ1v) is 6.22. The van der Waals surface area contributed by atoms with Gasteiger partial charge in [-0.15, -0.1) is 0 Å². The Balaban J connectivity index is 1.93. The Bertz CT molecular complexity index is 350. The zero-order valence-corrected chi connectivity index (χ0v) is 10.5. The number of hydrogen-bond donors (Lipinski definition) is 2. The third kappa shape index (κ3) is 3.06. The lowest BCUT2D eigenvalue weighted by Gasteiger charge is -2.27. The van der Waals surface area contributed by atoms with E-state index in [4.69, 9.17) is 4.74 Å². The minimum atomic E-state index is -0.830. The van der Waals surface area contributed by atoms with E-state index in [1.165, 1.54) is 0 Å². The first kappa shape index (κ1) is 12.6. The molecule has 0 aromatic heterocycles. The minimum absolute atomic E-state index is 0.238. The number of hydrogen-bond acceptors (Lipinski definition) is 3. The average molecular weight is 235 g/mol. The second-order valence-electron chi connectivity index (χ2n) is 4.99. The number of benzene rings is 1. The monoisotopic (exact) mass is 235 g/mol. The molecule has 0 radical (unpaired) electrons. The molecule has 0 saturated carbocycles. The molecule has 2 rings (SSSR count). The quantitative estimate of drug-likeness (QED) is 0.834. The average Bonchev–Trinajstić information content (AvgIpc) is 2.74. The molecule has 2 N–H and O–H groups in total. The maximum absolute atomic E-state index is 10.4. The molecular formula is C14H21NO2. The highest BCUT2D eigenvalue weighted by Crippen LogP contribution is 2.20. The summed E-state index contributed by atoms with van der Waals surface area (Å²) in [6.45, 7) is 5.28. The Hall–Kier alpha value is -0.900. The fourth-order valence-electron chi connectivity index (χ4n) is 2.23. The van der Waals surface area contributed by atoms with Crippen LogP contribution in [0.4, 0.5) is 0 Å². The topological polar surface area (TPSA) is 41.5 Å². The van der Waals surface area contributed by atoms with Gasteiger partial charge in [0.1, 0.15) is 0 Å². The molecule has 17 heavy (non-hydrogen) atoms. The van der Waals surface area contributed by atoms with Gasteiger partial charge in [-0.05, 0) is 25.8 Å². The minimum Gasteiger partial charge on any atom is -0.384 e. The molecule has 3 atom stereocenters. The van der Waals surface area contributed by atoms with E-state index in [2.05, 4.69) is 12.2 Å². The molecule has 0 aliphatic carbocycles. The van der Waals surface area contributed by atoms with E-state index in [1.807, 2.05) is 37.3 Å². The van der Waals surface area contributed by atoms with Crippen LogP contribution in [0.3, 0.4) is 0 Å². The molecule has 3 unspecified atom stereocenters. The third-order valence-electron chi connectivity index (χ3n) is 3.48. The fourth-order valence-corrected chi connectivity index (χ4v) is 2.23. The van der Waals surface area contributed by atoms with Gasteiger partial charge in [-0.25, -0.2) is 0 Å². The van der Waals surface area contributed by atoms with E-state index in [-0.39, 0.29) is 6.10 Å². The van der Waals surface area contributed by atoms with Crippen molar-refractivity contribution < 1.29 is 9.84 Å². The summed E-state index contributed by atoms with van der Waals surface area (Å²) in [5.41, 5.74) is 0.114. The zero-order chi connectivity index (χ0) is 12.3. The van der Waals surface area contributed by atoms with Crippen molar-refractivity contribution >= 4 is 0 Å². The lowest BCUT2D eigenvalue weighted by molar-refractivity contribution is 0.0482. The Labute approximate surface area is 103 Å². The van der Waals surface area contributed by atoms with E-state index in [9.17, 15) is 5.11 Å². The van der Waals surface area contributed by atoms with Crippen LogP contribution in [0, 0.1) is 0 Å². The molecule has 3 nitrogen and oxygen atoms in total. The van der Waals surface area contributed by atoms with Crippen molar-refractivity contribution in [3.05, 3.63) is 35.9 Å². The van der Waals surface area contributed by atoms with Crippen molar-refractivity contribution in [2.45, 2.75) is 38.0 Å². The Morgan fingerprint density at radius 1 is 1.41 bits per heavy atom. The molecule has 1 saturated heterocycles. The smallest absolute Gasteiger partial charge is 0.0992 e. The predicted molar refractivity (Wildman–Crippen MR) is 67.8 cm³/mol. The summed E-state index contributed by atoms with van der Waals surface area (Å²) in [6.07, 6.45) is 1.26. The normalized spacial score (nSPS) is 27.9. The van der Waals surface area contributed by atoms with Gasteiger partial charge in [-0.1, -0.05) is 30.3 Å². The lowest BCUT2D eigenvalue weighted by Crippen LogP contribution is -2.43. The number of nitrogens with one attached hydrogen (secondary N) is 1. The van der Waals surface area contributed by atoms with Crippen LogP contribution in [0.2, 0.25) is 0 Å². The molecule has 3 heteroatoms. The van der Waals surface area contributed by atoms with Gasteiger partial charge in [0.15, 0.2) is 0 Å². The van der Waals surface area contributed by atoms with Crippen molar-refractivity contribution in [1.29, 1.82) is 0 Å². The summed E-state index contributed by atoms with van der Waals surface area (Å²) in [7, 11) is 0. The highest BCUT2D eigenvalue weighted by molar-refractivity contribution is 5.21. The summed E-state index contributed by atoms with van der Waals surface area (Å²) in [6, 6.07) is 10.1. The van der Waals surface area contributed by atoms with Crippen LogP contribution in [0.1, 0.15) is 25.8 Å². The van der Waals surface area contributed by atoms with E-state index in [0.29, 0.717) is 12.6 Å². The predicted octanol–water partition coefficient (Wildman–Crippen LogP) is 1.66. The van der Waals surface area contributed by atoms with Gasteiger partial charge >= 0.3 is 0 Å². The van der Waals surface area contributed by atoms with Gasteiger partial charge in [-0.3, -0.25) is 0 Å². The van der Waals surface area contributed by atoms with Gasteiger partial charge < -0.3 is 15.2 Å². The van der Waals surface area contributed by atoms with Crippen molar-refractivity contribution in [2.75, 3.05) is 13.2 Å². The molecule has 1 fully saturated rings. The van der Waals surface area contributed by atoms with E-state index in [1.54, 1.807) is 0 Å². The molecule has 1 heterocycles. The standard InChI is InChI=1S/C14H21NO2/c1-11-13(8-9-17-11)15-10-14(2,16)12-6-4-3-5-7-12/h3-7,11,13,15-16H,8-10H2,1-2H3. The number of rotatable bonds is 4. The van der Waals surface area contributed by atoms with E-state index < -0.39 is 5.60 Å². The molecular weight excluding hydrogens is 214 g/mol. The van der Waals surface area contributed by atoms with E-state index in [0.717, 1.165) is 18.6 Å². The van der Waals surface area contributed by atoms with Crippen molar-refractivity contribution in [1.82, 2.24) is 5.32 Å². The van der Waals surface area contributed by atoms with Crippen LogP contribution >= 0.6 is 0 Å². The maximum atomic E-state index is 10.4. The third-order valence-corrected chi connectivity index (χ3v) is 3.48. The van der Waals surface area contributed by atoms with Crippen molar-refractivity contribution in [2.24, 2.45) is 0 Å². The molecule has 1 aromatic carbocycles. The van der Waals surface area contributed by atoms with Crippen molar-refractivity contribution in [3.8, 4) is 0 Å². The summed E-state index contributed by atoms with van der Waals surface area (Å²) in [5.74, 6) is 0. The highest BCUT2D eigenvalue weighted by atomic mass is 16.5.